The molecule has 0 saturated carbocycles. The lowest BCUT2D eigenvalue weighted by molar-refractivity contribution is -0.128. The highest BCUT2D eigenvalue weighted by Gasteiger charge is 2.13. The minimum atomic E-state index is -0.421. The Morgan fingerprint density at radius 2 is 1.64 bits per heavy atom. The lowest BCUT2D eigenvalue weighted by Gasteiger charge is -2.12. The second-order valence-electron chi connectivity index (χ2n) is 6.71. The van der Waals surface area contributed by atoms with Crippen molar-refractivity contribution in [1.29, 1.82) is 0 Å². The number of hydrogen-bond donors (Lipinski definition) is 2. The lowest BCUT2D eigenvalue weighted by Crippen LogP contribution is -2.29. The van der Waals surface area contributed by atoms with Gasteiger partial charge in [-0.15, -0.1) is 0 Å². The van der Waals surface area contributed by atoms with Crippen molar-refractivity contribution >= 4 is 29.5 Å². The lowest BCUT2D eigenvalue weighted by atomic mass is 10.1. The van der Waals surface area contributed by atoms with Crippen LogP contribution in [0.4, 0.5) is 5.69 Å². The fourth-order valence-corrected chi connectivity index (χ4v) is 2.49. The average Bonchev–Trinajstić information content (AvgIpc) is 2.64. The maximum atomic E-state index is 12.7. The summed E-state index contributed by atoms with van der Waals surface area (Å²) in [4.78, 5) is 37.5. The Morgan fingerprint density at radius 3 is 2.21 bits per heavy atom. The molecule has 2 aromatic rings. The van der Waals surface area contributed by atoms with Crippen molar-refractivity contribution in [1.82, 2.24) is 10.2 Å². The first-order valence-electron chi connectivity index (χ1n) is 8.91. The number of benzene rings is 2. The van der Waals surface area contributed by atoms with Gasteiger partial charge in [0.1, 0.15) is 5.70 Å². The molecule has 3 amide bonds. The van der Waals surface area contributed by atoms with E-state index in [1.165, 1.54) is 11.8 Å². The quantitative estimate of drug-likeness (QED) is 0.758. The van der Waals surface area contributed by atoms with E-state index < -0.39 is 5.91 Å². The fraction of sp³-hybridized carbons (Fsp3) is 0.227. The van der Waals surface area contributed by atoms with Crippen molar-refractivity contribution in [2.45, 2.75) is 20.3 Å². The summed E-state index contributed by atoms with van der Waals surface area (Å²) in [7, 11) is 3.42. The Kier molecular flexibility index (Phi) is 7.09. The van der Waals surface area contributed by atoms with Gasteiger partial charge in [0.15, 0.2) is 0 Å². The van der Waals surface area contributed by atoms with Gasteiger partial charge in [0.05, 0.1) is 6.42 Å². The molecule has 0 saturated heterocycles. The maximum absolute atomic E-state index is 12.7. The van der Waals surface area contributed by atoms with Gasteiger partial charge in [-0.2, -0.15) is 0 Å². The number of likely N-dealkylation sites (N-methyl/N-ethyl adjacent to an activating group) is 1. The summed E-state index contributed by atoms with van der Waals surface area (Å²) in [6, 6.07) is 14.6. The van der Waals surface area contributed by atoms with Crippen LogP contribution in [0.1, 0.15) is 23.6 Å². The van der Waals surface area contributed by atoms with Crippen LogP contribution in [0.5, 0.6) is 0 Å². The molecular weight excluding hydrogens is 354 g/mol. The van der Waals surface area contributed by atoms with E-state index >= 15 is 0 Å². The normalized spacial score (nSPS) is 10.9. The van der Waals surface area contributed by atoms with Crippen molar-refractivity contribution in [3.8, 4) is 0 Å². The predicted molar refractivity (Wildman–Crippen MR) is 110 cm³/mol. The molecule has 0 unspecified atom stereocenters. The summed E-state index contributed by atoms with van der Waals surface area (Å²) in [5, 5.41) is 5.36. The van der Waals surface area contributed by atoms with Gasteiger partial charge >= 0.3 is 0 Å². The van der Waals surface area contributed by atoms with Gasteiger partial charge in [0.2, 0.25) is 11.8 Å². The molecular formula is C22H25N3O3. The van der Waals surface area contributed by atoms with E-state index in [0.717, 1.165) is 16.7 Å². The Balaban J connectivity index is 2.16. The van der Waals surface area contributed by atoms with Crippen molar-refractivity contribution in [3.63, 3.8) is 0 Å². The monoisotopic (exact) mass is 379 g/mol. The van der Waals surface area contributed by atoms with E-state index in [2.05, 4.69) is 10.6 Å². The molecule has 146 valence electrons. The number of amides is 3. The average molecular weight is 379 g/mol. The van der Waals surface area contributed by atoms with E-state index in [4.69, 9.17) is 0 Å². The molecule has 0 radical (unpaired) electrons. The SMILES string of the molecule is CC(=O)N/C(=C/c1ccccc1C)C(=O)Nc1ccc(CC(=O)N(C)C)cc1. The van der Waals surface area contributed by atoms with Crippen LogP contribution < -0.4 is 10.6 Å². The molecule has 0 fully saturated rings. The Bertz CT molecular complexity index is 899. The number of carbonyl (C=O) groups is 3. The van der Waals surface area contributed by atoms with Crippen LogP contribution in [-0.2, 0) is 20.8 Å². The van der Waals surface area contributed by atoms with Gasteiger partial charge in [-0.1, -0.05) is 36.4 Å². The van der Waals surface area contributed by atoms with Gasteiger partial charge in [-0.3, -0.25) is 14.4 Å². The van der Waals surface area contributed by atoms with Crippen molar-refractivity contribution in [2.24, 2.45) is 0 Å². The topological polar surface area (TPSA) is 78.5 Å². The zero-order chi connectivity index (χ0) is 20.7. The second kappa shape index (κ2) is 9.50. The van der Waals surface area contributed by atoms with Gasteiger partial charge in [0.25, 0.3) is 5.91 Å². The Morgan fingerprint density at radius 1 is 1.00 bits per heavy atom. The highest BCUT2D eigenvalue weighted by atomic mass is 16.2. The fourth-order valence-electron chi connectivity index (χ4n) is 2.49. The zero-order valence-corrected chi connectivity index (χ0v) is 16.6. The molecule has 0 spiro atoms. The molecule has 0 bridgehead atoms. The molecule has 0 aliphatic rings. The first kappa shape index (κ1) is 20.9. The van der Waals surface area contributed by atoms with Crippen LogP contribution >= 0.6 is 0 Å². The number of nitrogens with one attached hydrogen (secondary N) is 2. The van der Waals surface area contributed by atoms with Crippen LogP contribution in [0.15, 0.2) is 54.2 Å². The third-order valence-electron chi connectivity index (χ3n) is 4.11. The Labute approximate surface area is 165 Å². The molecule has 2 aromatic carbocycles. The summed E-state index contributed by atoms with van der Waals surface area (Å²) in [6.07, 6.45) is 1.95. The minimum absolute atomic E-state index is 0.00546. The van der Waals surface area contributed by atoms with E-state index in [9.17, 15) is 14.4 Å². The summed E-state index contributed by atoms with van der Waals surface area (Å²) in [5.41, 5.74) is 3.43. The first-order valence-corrected chi connectivity index (χ1v) is 8.91. The van der Waals surface area contributed by atoms with E-state index in [0.29, 0.717) is 12.1 Å². The van der Waals surface area contributed by atoms with Crippen molar-refractivity contribution in [3.05, 3.63) is 70.9 Å². The molecule has 0 aromatic heterocycles. The molecule has 0 heterocycles. The smallest absolute Gasteiger partial charge is 0.272 e. The van der Waals surface area contributed by atoms with E-state index in [1.54, 1.807) is 44.4 Å². The predicted octanol–water partition coefficient (Wildman–Crippen LogP) is 2.74. The van der Waals surface area contributed by atoms with Crippen LogP contribution in [0.25, 0.3) is 6.08 Å². The number of aryl methyl sites for hydroxylation is 1. The second-order valence-corrected chi connectivity index (χ2v) is 6.71. The zero-order valence-electron chi connectivity index (χ0n) is 16.6. The maximum Gasteiger partial charge on any atom is 0.272 e. The van der Waals surface area contributed by atoms with Gasteiger partial charge in [-0.25, -0.2) is 0 Å². The summed E-state index contributed by atoms with van der Waals surface area (Å²) >= 11 is 0. The molecule has 6 heteroatoms. The molecule has 6 nitrogen and oxygen atoms in total. The molecule has 2 rings (SSSR count). The van der Waals surface area contributed by atoms with Crippen molar-refractivity contribution in [2.75, 3.05) is 19.4 Å². The largest absolute Gasteiger partial charge is 0.349 e. The van der Waals surface area contributed by atoms with Crippen LogP contribution in [0, 0.1) is 6.92 Å². The standard InChI is InChI=1S/C22H25N3O3/c1-15-7-5-6-8-18(15)14-20(23-16(2)26)22(28)24-19-11-9-17(10-12-19)13-21(27)25(3)4/h5-12,14H,13H2,1-4H3,(H,23,26)(H,24,28)/b20-14+. The minimum Gasteiger partial charge on any atom is -0.349 e. The first-order chi connectivity index (χ1) is 13.3. The molecule has 0 aliphatic carbocycles. The summed E-state index contributed by atoms with van der Waals surface area (Å²) in [6.45, 7) is 3.29. The number of carbonyl (C=O) groups excluding carboxylic acids is 3. The highest BCUT2D eigenvalue weighted by Crippen LogP contribution is 2.14. The molecule has 0 aliphatic heterocycles. The third kappa shape index (κ3) is 6.09. The van der Waals surface area contributed by atoms with Gasteiger partial charge in [0, 0.05) is 26.7 Å². The molecule has 0 atom stereocenters. The van der Waals surface area contributed by atoms with Gasteiger partial charge < -0.3 is 15.5 Å². The summed E-state index contributed by atoms with van der Waals surface area (Å²) in [5.74, 6) is -0.742. The van der Waals surface area contributed by atoms with Crippen molar-refractivity contribution < 1.29 is 14.4 Å². The van der Waals surface area contributed by atoms with E-state index in [-0.39, 0.29) is 17.5 Å². The van der Waals surface area contributed by atoms with Gasteiger partial charge in [-0.05, 0) is 41.8 Å². The van der Waals surface area contributed by atoms with Crippen LogP contribution in [0.2, 0.25) is 0 Å². The summed E-state index contributed by atoms with van der Waals surface area (Å²) < 4.78 is 0. The van der Waals surface area contributed by atoms with Crippen LogP contribution in [-0.4, -0.2) is 36.7 Å². The number of anilines is 1. The van der Waals surface area contributed by atoms with Crippen LogP contribution in [0.3, 0.4) is 0 Å². The third-order valence-corrected chi connectivity index (χ3v) is 4.11. The number of nitrogens with zero attached hydrogens (tertiary/aromatic N) is 1. The number of hydrogen-bond acceptors (Lipinski definition) is 3. The highest BCUT2D eigenvalue weighted by molar-refractivity contribution is 6.08. The molecule has 28 heavy (non-hydrogen) atoms. The molecule has 2 N–H and O–H groups in total. The number of rotatable bonds is 6. The Hall–Kier alpha value is -3.41. The van der Waals surface area contributed by atoms with E-state index in [1.807, 2.05) is 31.2 Å².